The highest BCUT2D eigenvalue weighted by molar-refractivity contribution is 5.62. The maximum atomic E-state index is 5.79. The normalized spacial score (nSPS) is 20.8. The fourth-order valence-electron chi connectivity index (χ4n) is 2.93. The molecule has 1 atom stereocenters. The van der Waals surface area contributed by atoms with Crippen LogP contribution in [0.1, 0.15) is 37.7 Å². The third-order valence-electron chi connectivity index (χ3n) is 4.51. The van der Waals surface area contributed by atoms with Gasteiger partial charge in [0.1, 0.15) is 0 Å². The second-order valence-electron chi connectivity index (χ2n) is 6.56. The van der Waals surface area contributed by atoms with Crippen LogP contribution in [0.15, 0.2) is 36.7 Å². The molecule has 0 spiro atoms. The van der Waals surface area contributed by atoms with Crippen LogP contribution in [0.2, 0.25) is 0 Å². The number of aromatic nitrogens is 2. The number of ether oxygens (including phenoxy) is 1. The lowest BCUT2D eigenvalue weighted by atomic mass is 10.1. The molecule has 2 heterocycles. The van der Waals surface area contributed by atoms with Gasteiger partial charge in [0, 0.05) is 29.8 Å². The molecule has 1 saturated carbocycles. The quantitative estimate of drug-likeness (QED) is 0.805. The summed E-state index contributed by atoms with van der Waals surface area (Å²) in [5, 5.41) is 4.49. The molecule has 3 heteroatoms. The number of benzene rings is 1. The molecule has 0 bridgehead atoms. The minimum Gasteiger partial charge on any atom is -0.376 e. The van der Waals surface area contributed by atoms with E-state index in [9.17, 15) is 0 Å². The smallest absolute Gasteiger partial charge is 0.0770 e. The van der Waals surface area contributed by atoms with Crippen LogP contribution in [-0.4, -0.2) is 22.5 Å². The summed E-state index contributed by atoms with van der Waals surface area (Å²) < 4.78 is 7.79. The summed E-state index contributed by atoms with van der Waals surface area (Å²) in [7, 11) is 0. The highest BCUT2D eigenvalue weighted by Gasteiger charge is 2.17. The summed E-state index contributed by atoms with van der Waals surface area (Å²) >= 11 is 0. The first kappa shape index (κ1) is 14.5. The molecule has 1 aliphatic heterocycles. The SMILES string of the molecule is C(#CC1CC1)c1ccc(-c2cnn(CC3CCCCO3)c2)cc1. The Hall–Kier alpha value is -2.05. The van der Waals surface area contributed by atoms with Crippen molar-refractivity contribution in [3.05, 3.63) is 42.2 Å². The van der Waals surface area contributed by atoms with Crippen molar-refractivity contribution in [2.45, 2.75) is 44.8 Å². The van der Waals surface area contributed by atoms with Crippen molar-refractivity contribution >= 4 is 0 Å². The molecule has 4 rings (SSSR count). The van der Waals surface area contributed by atoms with Gasteiger partial charge in [-0.2, -0.15) is 5.10 Å². The lowest BCUT2D eigenvalue weighted by molar-refractivity contribution is 0.00400. The van der Waals surface area contributed by atoms with Crippen molar-refractivity contribution in [2.24, 2.45) is 5.92 Å². The van der Waals surface area contributed by atoms with Gasteiger partial charge in [-0.25, -0.2) is 0 Å². The van der Waals surface area contributed by atoms with Crippen molar-refractivity contribution in [1.82, 2.24) is 9.78 Å². The van der Waals surface area contributed by atoms with Crippen molar-refractivity contribution in [3.63, 3.8) is 0 Å². The van der Waals surface area contributed by atoms with Gasteiger partial charge in [0.2, 0.25) is 0 Å². The summed E-state index contributed by atoms with van der Waals surface area (Å²) in [4.78, 5) is 0. The number of nitrogens with zero attached hydrogens (tertiary/aromatic N) is 2. The fourth-order valence-corrected chi connectivity index (χ4v) is 2.93. The molecule has 2 fully saturated rings. The molecule has 0 radical (unpaired) electrons. The summed E-state index contributed by atoms with van der Waals surface area (Å²) in [5.41, 5.74) is 3.45. The minimum atomic E-state index is 0.316. The first-order valence-corrected chi connectivity index (χ1v) is 8.63. The summed E-state index contributed by atoms with van der Waals surface area (Å²) in [6.07, 6.45) is 10.5. The molecule has 2 aromatic rings. The van der Waals surface area contributed by atoms with Crippen molar-refractivity contribution in [1.29, 1.82) is 0 Å². The van der Waals surface area contributed by atoms with Gasteiger partial charge in [-0.1, -0.05) is 24.0 Å². The third kappa shape index (κ3) is 3.83. The first-order valence-electron chi connectivity index (χ1n) is 8.63. The van der Waals surface area contributed by atoms with E-state index in [0.29, 0.717) is 12.0 Å². The Bertz CT molecular complexity index is 710. The average molecular weight is 306 g/mol. The van der Waals surface area contributed by atoms with Crippen LogP contribution in [0.25, 0.3) is 11.1 Å². The van der Waals surface area contributed by atoms with Gasteiger partial charge in [-0.05, 0) is 49.8 Å². The molecule has 0 amide bonds. The van der Waals surface area contributed by atoms with Gasteiger partial charge < -0.3 is 4.74 Å². The molecule has 23 heavy (non-hydrogen) atoms. The van der Waals surface area contributed by atoms with Crippen molar-refractivity contribution in [2.75, 3.05) is 6.61 Å². The molecular formula is C20H22N2O. The predicted molar refractivity (Wildman–Crippen MR) is 90.9 cm³/mol. The van der Waals surface area contributed by atoms with Gasteiger partial charge in [-0.3, -0.25) is 4.68 Å². The molecule has 118 valence electrons. The van der Waals surface area contributed by atoms with Crippen molar-refractivity contribution in [3.8, 4) is 23.0 Å². The van der Waals surface area contributed by atoms with Crippen LogP contribution in [0.4, 0.5) is 0 Å². The lowest BCUT2D eigenvalue weighted by Crippen LogP contribution is -2.24. The van der Waals surface area contributed by atoms with E-state index in [4.69, 9.17) is 4.74 Å². The van der Waals surface area contributed by atoms with Gasteiger partial charge in [0.25, 0.3) is 0 Å². The second kappa shape index (κ2) is 6.60. The minimum absolute atomic E-state index is 0.316. The maximum absolute atomic E-state index is 5.79. The average Bonchev–Trinajstić information content (AvgIpc) is 3.32. The van der Waals surface area contributed by atoms with Crippen LogP contribution >= 0.6 is 0 Å². The third-order valence-corrected chi connectivity index (χ3v) is 4.51. The Morgan fingerprint density at radius 1 is 1.09 bits per heavy atom. The van der Waals surface area contributed by atoms with Crippen LogP contribution in [0, 0.1) is 17.8 Å². The van der Waals surface area contributed by atoms with Crippen LogP contribution in [-0.2, 0) is 11.3 Å². The van der Waals surface area contributed by atoms with E-state index >= 15 is 0 Å². The molecule has 1 saturated heterocycles. The van der Waals surface area contributed by atoms with Crippen molar-refractivity contribution < 1.29 is 4.74 Å². The molecule has 0 N–H and O–H groups in total. The number of rotatable bonds is 3. The van der Waals surface area contributed by atoms with E-state index in [2.05, 4.69) is 47.4 Å². The first-order chi connectivity index (χ1) is 11.4. The molecule has 2 aliphatic rings. The largest absolute Gasteiger partial charge is 0.376 e. The monoisotopic (exact) mass is 306 g/mol. The van der Waals surface area contributed by atoms with E-state index in [0.717, 1.165) is 30.7 Å². The summed E-state index contributed by atoms with van der Waals surface area (Å²) in [6, 6.07) is 8.48. The highest BCUT2D eigenvalue weighted by atomic mass is 16.5. The highest BCUT2D eigenvalue weighted by Crippen LogP contribution is 2.27. The molecule has 1 aromatic carbocycles. The van der Waals surface area contributed by atoms with E-state index in [-0.39, 0.29) is 0 Å². The van der Waals surface area contributed by atoms with E-state index in [1.165, 1.54) is 31.2 Å². The zero-order valence-corrected chi connectivity index (χ0v) is 13.4. The van der Waals surface area contributed by atoms with Gasteiger partial charge >= 0.3 is 0 Å². The van der Waals surface area contributed by atoms with Gasteiger partial charge in [0.05, 0.1) is 18.8 Å². The van der Waals surface area contributed by atoms with Crippen LogP contribution in [0.5, 0.6) is 0 Å². The Morgan fingerprint density at radius 2 is 1.96 bits per heavy atom. The maximum Gasteiger partial charge on any atom is 0.0770 e. The van der Waals surface area contributed by atoms with Crippen LogP contribution in [0.3, 0.4) is 0 Å². The Morgan fingerprint density at radius 3 is 2.70 bits per heavy atom. The van der Waals surface area contributed by atoms with E-state index in [1.807, 2.05) is 10.9 Å². The zero-order chi connectivity index (χ0) is 15.5. The van der Waals surface area contributed by atoms with Crippen LogP contribution < -0.4 is 0 Å². The summed E-state index contributed by atoms with van der Waals surface area (Å²) in [6.45, 7) is 1.74. The molecule has 3 nitrogen and oxygen atoms in total. The molecule has 1 aromatic heterocycles. The molecule has 1 aliphatic carbocycles. The Labute approximate surface area is 137 Å². The molecule has 1 unspecified atom stereocenters. The zero-order valence-electron chi connectivity index (χ0n) is 13.4. The standard InChI is InChI=1S/C20H22N2O/c1-2-12-23-20(3-1)15-22-14-19(13-21-22)18-10-8-17(9-11-18)7-6-16-4-5-16/h8-11,13-14,16,20H,1-5,12,15H2. The number of hydrogen-bond donors (Lipinski definition) is 0. The second-order valence-corrected chi connectivity index (χ2v) is 6.56. The van der Waals surface area contributed by atoms with E-state index in [1.54, 1.807) is 0 Å². The van der Waals surface area contributed by atoms with E-state index < -0.39 is 0 Å². The van der Waals surface area contributed by atoms with Gasteiger partial charge in [-0.15, -0.1) is 0 Å². The predicted octanol–water partition coefficient (Wildman–Crippen LogP) is 3.88. The topological polar surface area (TPSA) is 27.1 Å². The fraction of sp³-hybridized carbons (Fsp3) is 0.450. The Balaban J connectivity index is 1.42. The summed E-state index contributed by atoms with van der Waals surface area (Å²) in [5.74, 6) is 7.21. The van der Waals surface area contributed by atoms with Gasteiger partial charge in [0.15, 0.2) is 0 Å². The number of hydrogen-bond acceptors (Lipinski definition) is 2. The Kier molecular flexibility index (Phi) is 4.17. The molecular weight excluding hydrogens is 284 g/mol. The lowest BCUT2D eigenvalue weighted by Gasteiger charge is -2.22.